The van der Waals surface area contributed by atoms with Gasteiger partial charge in [0.05, 0.1) is 5.69 Å². The van der Waals surface area contributed by atoms with Gasteiger partial charge in [0.2, 0.25) is 0 Å². The van der Waals surface area contributed by atoms with Crippen LogP contribution in [0.25, 0.3) is 28.0 Å². The Labute approximate surface area is 255 Å². The summed E-state index contributed by atoms with van der Waals surface area (Å²) in [7, 11) is 0. The molecule has 2 aromatic heterocycles. The molecule has 0 aliphatic heterocycles. The van der Waals surface area contributed by atoms with E-state index in [0.29, 0.717) is 40.3 Å². The number of nitrogens with zero attached hydrogens (tertiary/aromatic N) is 3. The topological polar surface area (TPSA) is 76.9 Å². The molecular formula is C34H36F2N4O2S. The second-order valence-corrected chi connectivity index (χ2v) is 9.67. The van der Waals surface area contributed by atoms with E-state index in [1.54, 1.807) is 24.5 Å². The molecule has 0 saturated heterocycles. The number of carbonyl (C=O) groups excluding carboxylic acids is 1. The molecule has 0 bridgehead atoms. The molecule has 0 radical (unpaired) electrons. The Balaban J connectivity index is 0.00000121. The molecule has 2 heterocycles. The van der Waals surface area contributed by atoms with Gasteiger partial charge in [-0.05, 0) is 61.1 Å². The van der Waals surface area contributed by atoms with Crippen molar-refractivity contribution < 1.29 is 13.6 Å². The van der Waals surface area contributed by atoms with Crippen LogP contribution in [-0.4, -0.2) is 33.2 Å². The van der Waals surface area contributed by atoms with Gasteiger partial charge < -0.3 is 5.32 Å². The number of aryl methyl sites for hydroxylation is 1. The van der Waals surface area contributed by atoms with Crippen molar-refractivity contribution in [3.05, 3.63) is 118 Å². The number of thioether (sulfide) groups is 1. The summed E-state index contributed by atoms with van der Waals surface area (Å²) >= 11 is 1.23. The number of benzene rings is 3. The summed E-state index contributed by atoms with van der Waals surface area (Å²) in [6.07, 6.45) is 2.46. The van der Waals surface area contributed by atoms with Gasteiger partial charge >= 0.3 is 0 Å². The third-order valence-electron chi connectivity index (χ3n) is 6.37. The van der Waals surface area contributed by atoms with E-state index in [2.05, 4.69) is 15.3 Å². The number of hydrogen-bond acceptors (Lipinski definition) is 5. The Bertz CT molecular complexity index is 1740. The summed E-state index contributed by atoms with van der Waals surface area (Å²) in [5.41, 5.74) is 2.42. The van der Waals surface area contributed by atoms with Gasteiger partial charge in [-0.2, -0.15) is 0 Å². The normalized spacial score (nSPS) is 10.3. The van der Waals surface area contributed by atoms with Crippen LogP contribution in [0.5, 0.6) is 0 Å². The maximum absolute atomic E-state index is 14.8. The molecule has 6 nitrogen and oxygen atoms in total. The van der Waals surface area contributed by atoms with E-state index < -0.39 is 22.9 Å². The fraction of sp³-hybridized carbons (Fsp3) is 0.235. The number of pyridine rings is 1. The Morgan fingerprint density at radius 2 is 1.56 bits per heavy atom. The van der Waals surface area contributed by atoms with Gasteiger partial charge in [-0.3, -0.25) is 14.2 Å². The average molecular weight is 603 g/mol. The van der Waals surface area contributed by atoms with Gasteiger partial charge in [-0.25, -0.2) is 18.7 Å². The number of halogens is 2. The Hall–Kier alpha value is -4.37. The number of para-hydroxylation sites is 1. The summed E-state index contributed by atoms with van der Waals surface area (Å²) in [4.78, 5) is 35.0. The van der Waals surface area contributed by atoms with E-state index in [1.165, 1.54) is 23.9 Å². The van der Waals surface area contributed by atoms with E-state index >= 15 is 0 Å². The molecule has 5 aromatic rings. The lowest BCUT2D eigenvalue weighted by atomic mass is 9.99. The number of fused-ring (bicyclic) bond motifs is 1. The van der Waals surface area contributed by atoms with Crippen molar-refractivity contribution in [3.63, 3.8) is 0 Å². The first-order valence-electron chi connectivity index (χ1n) is 14.2. The van der Waals surface area contributed by atoms with E-state index in [4.69, 9.17) is 0 Å². The molecule has 0 aliphatic rings. The van der Waals surface area contributed by atoms with E-state index in [1.807, 2.05) is 71.0 Å². The third kappa shape index (κ3) is 7.53. The monoisotopic (exact) mass is 602 g/mol. The minimum Gasteiger partial charge on any atom is -0.352 e. The predicted molar refractivity (Wildman–Crippen MR) is 172 cm³/mol. The van der Waals surface area contributed by atoms with Crippen LogP contribution in [0.3, 0.4) is 0 Å². The first-order valence-corrected chi connectivity index (χ1v) is 15.4. The minimum absolute atomic E-state index is 0.0676. The molecule has 0 unspecified atom stereocenters. The number of aromatic nitrogens is 3. The highest BCUT2D eigenvalue weighted by atomic mass is 32.2. The maximum atomic E-state index is 14.8. The van der Waals surface area contributed by atoms with Crippen molar-refractivity contribution in [2.45, 2.75) is 46.2 Å². The quantitative estimate of drug-likeness (QED) is 0.152. The van der Waals surface area contributed by atoms with Gasteiger partial charge in [0.25, 0.3) is 11.5 Å². The molecule has 0 spiro atoms. The summed E-state index contributed by atoms with van der Waals surface area (Å²) < 4.78 is 30.5. The van der Waals surface area contributed by atoms with Crippen LogP contribution in [0.2, 0.25) is 0 Å². The van der Waals surface area contributed by atoms with Gasteiger partial charge in [-0.15, -0.1) is 0 Å². The first-order chi connectivity index (χ1) is 20.9. The summed E-state index contributed by atoms with van der Waals surface area (Å²) in [5.74, 6) is -2.01. The summed E-state index contributed by atoms with van der Waals surface area (Å²) in [6.45, 7) is 10.4. The molecular weight excluding hydrogens is 566 g/mol. The standard InChI is InChI=1S/C30H24F2N4O2S.2C2H6/c1-18-11-12-20(29(38)33-16-15-19-7-4-3-5-8-19)17-22(18)26-21-13-14-25(37)36(28(21)35-30(34-26)39-2)27-23(31)9-6-10-24(27)32;2*1-2/h3-14,17H,15-16H2,1-2H3,(H,33,38);2*1-2H3. The van der Waals surface area contributed by atoms with E-state index in [-0.39, 0.29) is 11.6 Å². The van der Waals surface area contributed by atoms with E-state index in [0.717, 1.165) is 27.8 Å². The molecule has 3 aromatic carbocycles. The number of nitrogens with one attached hydrogen (secondary N) is 1. The largest absolute Gasteiger partial charge is 0.352 e. The van der Waals surface area contributed by atoms with Crippen LogP contribution in [0, 0.1) is 18.6 Å². The third-order valence-corrected chi connectivity index (χ3v) is 6.92. The lowest BCUT2D eigenvalue weighted by molar-refractivity contribution is 0.0954. The fourth-order valence-electron chi connectivity index (χ4n) is 4.40. The molecule has 1 amide bonds. The van der Waals surface area contributed by atoms with Gasteiger partial charge in [-0.1, -0.05) is 81.9 Å². The zero-order chi connectivity index (χ0) is 31.5. The van der Waals surface area contributed by atoms with Crippen molar-refractivity contribution in [2.75, 3.05) is 12.8 Å². The summed E-state index contributed by atoms with van der Waals surface area (Å²) in [5, 5.41) is 3.68. The lowest BCUT2D eigenvalue weighted by Crippen LogP contribution is -2.25. The minimum atomic E-state index is -0.888. The lowest BCUT2D eigenvalue weighted by Gasteiger charge is -2.15. The van der Waals surface area contributed by atoms with Crippen LogP contribution in [0.15, 0.2) is 88.8 Å². The van der Waals surface area contributed by atoms with Gasteiger partial charge in [0.1, 0.15) is 17.3 Å². The Morgan fingerprint density at radius 1 is 0.884 bits per heavy atom. The number of hydrogen-bond donors (Lipinski definition) is 1. The van der Waals surface area contributed by atoms with E-state index in [9.17, 15) is 18.4 Å². The Kier molecular flexibility index (Phi) is 12.1. The van der Waals surface area contributed by atoms with Crippen molar-refractivity contribution >= 4 is 28.7 Å². The van der Waals surface area contributed by atoms with Crippen LogP contribution in [0.1, 0.15) is 49.2 Å². The molecule has 9 heteroatoms. The number of carbonyl (C=O) groups is 1. The van der Waals surface area contributed by atoms with Gasteiger partial charge in [0, 0.05) is 29.1 Å². The van der Waals surface area contributed by atoms with Crippen molar-refractivity contribution in [2.24, 2.45) is 0 Å². The molecule has 0 aliphatic carbocycles. The zero-order valence-corrected chi connectivity index (χ0v) is 26.1. The van der Waals surface area contributed by atoms with Crippen LogP contribution in [0.4, 0.5) is 8.78 Å². The molecule has 5 rings (SSSR count). The molecule has 1 N–H and O–H groups in total. The van der Waals surface area contributed by atoms with Crippen molar-refractivity contribution in [1.29, 1.82) is 0 Å². The predicted octanol–water partition coefficient (Wildman–Crippen LogP) is 7.78. The van der Waals surface area contributed by atoms with Crippen LogP contribution in [-0.2, 0) is 6.42 Å². The highest BCUT2D eigenvalue weighted by molar-refractivity contribution is 7.98. The molecule has 0 fully saturated rings. The van der Waals surface area contributed by atoms with Crippen LogP contribution < -0.4 is 10.9 Å². The number of rotatable bonds is 7. The maximum Gasteiger partial charge on any atom is 0.256 e. The second kappa shape index (κ2) is 15.7. The second-order valence-electron chi connectivity index (χ2n) is 8.89. The SMILES string of the molecule is CC.CC.CSc1nc(-c2cc(C(=O)NCCc3ccccc3)ccc2C)c2ccc(=O)n(-c3c(F)cccc3F)c2n1. The molecule has 0 saturated carbocycles. The highest BCUT2D eigenvalue weighted by Crippen LogP contribution is 2.32. The molecule has 224 valence electrons. The van der Waals surface area contributed by atoms with Crippen molar-refractivity contribution in [1.82, 2.24) is 19.9 Å². The number of amides is 1. The first kappa shape index (κ1) is 33.1. The van der Waals surface area contributed by atoms with Crippen LogP contribution >= 0.6 is 11.8 Å². The van der Waals surface area contributed by atoms with Crippen molar-refractivity contribution in [3.8, 4) is 16.9 Å². The highest BCUT2D eigenvalue weighted by Gasteiger charge is 2.20. The zero-order valence-electron chi connectivity index (χ0n) is 25.2. The molecule has 0 atom stereocenters. The summed E-state index contributed by atoms with van der Waals surface area (Å²) in [6, 6.07) is 21.3. The van der Waals surface area contributed by atoms with Gasteiger partial charge in [0.15, 0.2) is 10.8 Å². The smallest absolute Gasteiger partial charge is 0.256 e. The fourth-order valence-corrected chi connectivity index (χ4v) is 4.76. The Morgan fingerprint density at radius 3 is 2.21 bits per heavy atom. The average Bonchev–Trinajstić information content (AvgIpc) is 3.04. The molecule has 43 heavy (non-hydrogen) atoms.